The Kier molecular flexibility index (Phi) is 1.47. The Morgan fingerprint density at radius 2 is 2.00 bits per heavy atom. The summed E-state index contributed by atoms with van der Waals surface area (Å²) < 4.78 is 21.8. The van der Waals surface area contributed by atoms with Gasteiger partial charge in [0.15, 0.2) is 0 Å². The first-order valence-electron chi connectivity index (χ1n) is 3.48. The van der Waals surface area contributed by atoms with E-state index in [0.717, 1.165) is 0 Å². The molecule has 12 heavy (non-hydrogen) atoms. The highest BCUT2D eigenvalue weighted by Gasteiger charge is 2.32. The Balaban J connectivity index is 2.72. The lowest BCUT2D eigenvalue weighted by Crippen LogP contribution is -3.05. The topological polar surface area (TPSA) is 61.6 Å². The molecule has 1 atom stereocenters. The molecule has 0 amide bonds. The number of quaternary nitrogens is 1. The lowest BCUT2D eigenvalue weighted by molar-refractivity contribution is -0.718. The molecule has 0 radical (unpaired) electrons. The van der Waals surface area contributed by atoms with Crippen LogP contribution in [0.25, 0.3) is 0 Å². The number of hydrogen-bond donors (Lipinski definition) is 1. The van der Waals surface area contributed by atoms with Crippen molar-refractivity contribution in [2.24, 2.45) is 0 Å². The van der Waals surface area contributed by atoms with Gasteiger partial charge in [0.05, 0.1) is 0 Å². The standard InChI is InChI=1S/C7H7NO3S/c9-8-5-6-3-1-2-4-7(6)12(8,10)11/h1-4,8H,5H2. The minimum atomic E-state index is -3.62. The first-order valence-corrected chi connectivity index (χ1v) is 4.96. The van der Waals surface area contributed by atoms with E-state index in [1.165, 1.54) is 6.07 Å². The normalized spacial score (nSPS) is 25.2. The van der Waals surface area contributed by atoms with Crippen LogP contribution < -0.4 is 4.47 Å². The number of hydroxylamine groups is 1. The van der Waals surface area contributed by atoms with Crippen LogP contribution in [-0.4, -0.2) is 8.42 Å². The molecular formula is C7H7NO3S. The predicted octanol–water partition coefficient (Wildman–Crippen LogP) is -0.728. The molecule has 1 unspecified atom stereocenters. The maximum atomic E-state index is 11.2. The van der Waals surface area contributed by atoms with Crippen molar-refractivity contribution in [1.82, 2.24) is 0 Å². The molecule has 1 aromatic carbocycles. The number of rotatable bonds is 0. The zero-order valence-corrected chi connectivity index (χ0v) is 6.97. The summed E-state index contributed by atoms with van der Waals surface area (Å²) in [7, 11) is -3.62. The summed E-state index contributed by atoms with van der Waals surface area (Å²) in [6, 6.07) is 6.48. The summed E-state index contributed by atoms with van der Waals surface area (Å²) in [5.41, 5.74) is 0.613. The molecule has 0 aromatic heterocycles. The monoisotopic (exact) mass is 185 g/mol. The zero-order valence-electron chi connectivity index (χ0n) is 6.15. The molecule has 0 bridgehead atoms. The van der Waals surface area contributed by atoms with Crippen molar-refractivity contribution >= 4 is 10.0 Å². The van der Waals surface area contributed by atoms with Crippen LogP contribution in [0.5, 0.6) is 0 Å². The maximum Gasteiger partial charge on any atom is 0.326 e. The summed E-state index contributed by atoms with van der Waals surface area (Å²) in [5.74, 6) is 0. The molecule has 0 aliphatic carbocycles. The molecular weight excluding hydrogens is 178 g/mol. The van der Waals surface area contributed by atoms with E-state index in [9.17, 15) is 13.6 Å². The van der Waals surface area contributed by atoms with Crippen LogP contribution in [0.2, 0.25) is 0 Å². The van der Waals surface area contributed by atoms with Gasteiger partial charge in [0.1, 0.15) is 11.4 Å². The average molecular weight is 185 g/mol. The van der Waals surface area contributed by atoms with Gasteiger partial charge in [-0.05, 0) is 6.07 Å². The Bertz CT molecular complexity index is 412. The van der Waals surface area contributed by atoms with Gasteiger partial charge in [0.2, 0.25) is 0 Å². The summed E-state index contributed by atoms with van der Waals surface area (Å²) >= 11 is 0. The number of hydrogen-bond acceptors (Lipinski definition) is 3. The molecule has 5 heteroatoms. The maximum absolute atomic E-state index is 11.2. The van der Waals surface area contributed by atoms with Crippen molar-refractivity contribution in [3.63, 3.8) is 0 Å². The van der Waals surface area contributed by atoms with E-state index in [4.69, 9.17) is 0 Å². The molecule has 1 heterocycles. The molecule has 0 fully saturated rings. The zero-order chi connectivity index (χ0) is 8.77. The van der Waals surface area contributed by atoms with Gasteiger partial charge in [-0.2, -0.15) is 8.42 Å². The molecule has 1 aromatic rings. The SMILES string of the molecule is O=S1(=O)c2ccccc2C[NH+]1[O-]. The molecule has 2 rings (SSSR count). The number of benzene rings is 1. The van der Waals surface area contributed by atoms with Crippen LogP contribution in [-0.2, 0) is 16.6 Å². The minimum absolute atomic E-state index is 0.0263. The first kappa shape index (κ1) is 7.72. The lowest BCUT2D eigenvalue weighted by Gasteiger charge is -2.11. The van der Waals surface area contributed by atoms with Crippen molar-refractivity contribution in [3.05, 3.63) is 35.0 Å². The Labute approximate surface area is 70.1 Å². The average Bonchev–Trinajstić information content (AvgIpc) is 2.25. The van der Waals surface area contributed by atoms with Crippen LogP contribution in [0.1, 0.15) is 5.56 Å². The van der Waals surface area contributed by atoms with Crippen LogP contribution in [0, 0.1) is 5.21 Å². The van der Waals surface area contributed by atoms with Crippen LogP contribution >= 0.6 is 0 Å². The molecule has 0 spiro atoms. The quantitative estimate of drug-likeness (QED) is 0.542. The lowest BCUT2D eigenvalue weighted by atomic mass is 10.2. The van der Waals surface area contributed by atoms with Gasteiger partial charge in [-0.1, -0.05) is 18.2 Å². The van der Waals surface area contributed by atoms with E-state index >= 15 is 0 Å². The second kappa shape index (κ2) is 2.29. The molecule has 0 saturated heterocycles. The van der Waals surface area contributed by atoms with Crippen molar-refractivity contribution in [2.75, 3.05) is 0 Å². The van der Waals surface area contributed by atoms with E-state index in [2.05, 4.69) is 0 Å². The minimum Gasteiger partial charge on any atom is -0.618 e. The van der Waals surface area contributed by atoms with Gasteiger partial charge < -0.3 is 5.21 Å². The van der Waals surface area contributed by atoms with Crippen LogP contribution in [0.4, 0.5) is 0 Å². The molecule has 64 valence electrons. The predicted molar refractivity (Wildman–Crippen MR) is 41.7 cm³/mol. The van der Waals surface area contributed by atoms with E-state index in [1.807, 2.05) is 0 Å². The molecule has 1 aliphatic rings. The molecule has 0 saturated carbocycles. The summed E-state index contributed by atoms with van der Waals surface area (Å²) in [6.45, 7) is 0.0263. The third kappa shape index (κ3) is 0.874. The van der Waals surface area contributed by atoms with Gasteiger partial charge >= 0.3 is 10.0 Å². The third-order valence-corrected chi connectivity index (χ3v) is 3.62. The van der Waals surface area contributed by atoms with Crippen molar-refractivity contribution in [2.45, 2.75) is 11.4 Å². The van der Waals surface area contributed by atoms with E-state index in [1.54, 1.807) is 18.2 Å². The molecule has 1 N–H and O–H groups in total. The summed E-state index contributed by atoms with van der Waals surface area (Å²) in [5, 5.41) is 11.0. The molecule has 1 aliphatic heterocycles. The van der Waals surface area contributed by atoms with E-state index < -0.39 is 14.5 Å². The van der Waals surface area contributed by atoms with Crippen molar-refractivity contribution < 1.29 is 12.9 Å². The highest BCUT2D eigenvalue weighted by atomic mass is 32.2. The van der Waals surface area contributed by atoms with Crippen LogP contribution in [0.15, 0.2) is 29.2 Å². The Morgan fingerprint density at radius 3 is 2.67 bits per heavy atom. The first-order chi connectivity index (χ1) is 5.62. The van der Waals surface area contributed by atoms with Gasteiger partial charge in [-0.15, -0.1) is 0 Å². The molecule has 4 nitrogen and oxygen atoms in total. The smallest absolute Gasteiger partial charge is 0.326 e. The highest BCUT2D eigenvalue weighted by Crippen LogP contribution is 2.16. The van der Waals surface area contributed by atoms with E-state index in [-0.39, 0.29) is 11.4 Å². The Hall–Kier alpha value is -0.910. The number of fused-ring (bicyclic) bond motifs is 1. The van der Waals surface area contributed by atoms with Gasteiger partial charge in [-0.3, -0.25) is 4.47 Å². The Morgan fingerprint density at radius 1 is 1.33 bits per heavy atom. The van der Waals surface area contributed by atoms with Crippen LogP contribution in [0.3, 0.4) is 0 Å². The second-order valence-corrected chi connectivity index (χ2v) is 4.56. The summed E-state index contributed by atoms with van der Waals surface area (Å²) in [4.78, 5) is 0.176. The van der Waals surface area contributed by atoms with Gasteiger partial charge in [0, 0.05) is 5.56 Å². The fourth-order valence-electron chi connectivity index (χ4n) is 1.29. The van der Waals surface area contributed by atoms with Crippen molar-refractivity contribution in [3.8, 4) is 0 Å². The van der Waals surface area contributed by atoms with E-state index in [0.29, 0.717) is 5.56 Å². The fourth-order valence-corrected chi connectivity index (χ4v) is 2.62. The fraction of sp³-hybridized carbons (Fsp3) is 0.143. The largest absolute Gasteiger partial charge is 0.618 e. The van der Waals surface area contributed by atoms with Gasteiger partial charge in [-0.25, -0.2) is 0 Å². The second-order valence-electron chi connectivity index (χ2n) is 2.66. The van der Waals surface area contributed by atoms with Gasteiger partial charge in [0.25, 0.3) is 0 Å². The number of sulfonamides is 1. The third-order valence-electron chi connectivity index (χ3n) is 1.90. The highest BCUT2D eigenvalue weighted by molar-refractivity contribution is 7.85. The van der Waals surface area contributed by atoms with Crippen molar-refractivity contribution in [1.29, 1.82) is 0 Å². The number of nitrogens with one attached hydrogen (secondary N) is 1. The summed E-state index contributed by atoms with van der Waals surface area (Å²) in [6.07, 6.45) is 0.